The van der Waals surface area contributed by atoms with Gasteiger partial charge in [0.15, 0.2) is 0 Å². The van der Waals surface area contributed by atoms with Crippen LogP contribution in [0.25, 0.3) is 0 Å². The summed E-state index contributed by atoms with van der Waals surface area (Å²) in [6.07, 6.45) is 5.01. The number of hydrogen-bond acceptors (Lipinski definition) is 4. The first-order chi connectivity index (χ1) is 12.9. The fourth-order valence-electron chi connectivity index (χ4n) is 4.09. The first kappa shape index (κ1) is 19.2. The molecule has 0 aromatic heterocycles. The molecule has 7 nitrogen and oxygen atoms in total. The van der Waals surface area contributed by atoms with Crippen LogP contribution in [0.4, 0.5) is 11.4 Å². The van der Waals surface area contributed by atoms with E-state index in [0.29, 0.717) is 42.9 Å². The van der Waals surface area contributed by atoms with Crippen molar-refractivity contribution in [1.82, 2.24) is 0 Å². The molecule has 0 radical (unpaired) electrons. The van der Waals surface area contributed by atoms with Crippen LogP contribution in [0.2, 0.25) is 0 Å². The molecule has 1 aliphatic heterocycles. The van der Waals surface area contributed by atoms with Crippen LogP contribution in [-0.2, 0) is 14.4 Å². The highest BCUT2D eigenvalue weighted by Gasteiger charge is 2.41. The molecule has 3 rings (SSSR count). The summed E-state index contributed by atoms with van der Waals surface area (Å²) in [6, 6.07) is 5.13. The zero-order valence-corrected chi connectivity index (χ0v) is 15.6. The maximum absolute atomic E-state index is 12.6. The maximum Gasteiger partial charge on any atom is 0.310 e. The fourth-order valence-corrected chi connectivity index (χ4v) is 4.09. The number of carboxylic acid groups (broad SMARTS) is 1. The first-order valence-corrected chi connectivity index (χ1v) is 9.47. The molecule has 0 atom stereocenters. The van der Waals surface area contributed by atoms with E-state index >= 15 is 0 Å². The summed E-state index contributed by atoms with van der Waals surface area (Å²) in [7, 11) is 1.54. The summed E-state index contributed by atoms with van der Waals surface area (Å²) in [5.74, 6) is -0.611. The van der Waals surface area contributed by atoms with Crippen molar-refractivity contribution in [2.75, 3.05) is 23.9 Å². The van der Waals surface area contributed by atoms with Gasteiger partial charge in [0.2, 0.25) is 11.8 Å². The minimum atomic E-state index is -0.970. The van der Waals surface area contributed by atoms with Crippen LogP contribution in [0.3, 0.4) is 0 Å². The van der Waals surface area contributed by atoms with Gasteiger partial charge in [0.25, 0.3) is 0 Å². The molecule has 2 fully saturated rings. The molecule has 1 saturated carbocycles. The Labute approximate surface area is 158 Å². The van der Waals surface area contributed by atoms with Crippen molar-refractivity contribution in [1.29, 1.82) is 0 Å². The SMILES string of the molecule is COc1ccc(NC(=O)CC2(C(=O)O)CCCCC2)cc1N1CCCC1=O. The summed E-state index contributed by atoms with van der Waals surface area (Å²) in [5.41, 5.74) is 0.193. The van der Waals surface area contributed by atoms with Gasteiger partial charge in [-0.1, -0.05) is 19.3 Å². The molecule has 1 aliphatic carbocycles. The molecule has 2 N–H and O–H groups in total. The average molecular weight is 374 g/mol. The molecule has 7 heteroatoms. The van der Waals surface area contributed by atoms with Gasteiger partial charge in [0.05, 0.1) is 18.2 Å². The van der Waals surface area contributed by atoms with Gasteiger partial charge in [0.1, 0.15) is 5.75 Å². The smallest absolute Gasteiger partial charge is 0.310 e. The van der Waals surface area contributed by atoms with Gasteiger partial charge >= 0.3 is 5.97 Å². The van der Waals surface area contributed by atoms with E-state index in [-0.39, 0.29) is 18.2 Å². The van der Waals surface area contributed by atoms with Crippen LogP contribution < -0.4 is 15.0 Å². The number of nitrogens with one attached hydrogen (secondary N) is 1. The van der Waals surface area contributed by atoms with Crippen molar-refractivity contribution >= 4 is 29.2 Å². The van der Waals surface area contributed by atoms with Crippen LogP contribution in [0, 0.1) is 5.41 Å². The number of benzene rings is 1. The van der Waals surface area contributed by atoms with Crippen molar-refractivity contribution in [3.8, 4) is 5.75 Å². The highest BCUT2D eigenvalue weighted by atomic mass is 16.5. The largest absolute Gasteiger partial charge is 0.495 e. The molecule has 1 saturated heterocycles. The minimum absolute atomic E-state index is 0.0313. The number of hydrogen-bond donors (Lipinski definition) is 2. The Bertz CT molecular complexity index is 740. The van der Waals surface area contributed by atoms with Crippen LogP contribution in [0.1, 0.15) is 51.4 Å². The predicted molar refractivity (Wildman–Crippen MR) is 101 cm³/mol. The van der Waals surface area contributed by atoms with E-state index in [0.717, 1.165) is 25.7 Å². The van der Waals surface area contributed by atoms with Gasteiger partial charge < -0.3 is 20.1 Å². The zero-order valence-electron chi connectivity index (χ0n) is 15.6. The van der Waals surface area contributed by atoms with E-state index in [2.05, 4.69) is 5.32 Å². The highest BCUT2D eigenvalue weighted by molar-refractivity contribution is 5.99. The second-order valence-electron chi connectivity index (χ2n) is 7.41. The van der Waals surface area contributed by atoms with Crippen molar-refractivity contribution in [3.63, 3.8) is 0 Å². The third-order valence-electron chi connectivity index (χ3n) is 5.59. The number of carbonyl (C=O) groups is 3. The fraction of sp³-hybridized carbons (Fsp3) is 0.550. The summed E-state index contributed by atoms with van der Waals surface area (Å²) in [5, 5.41) is 12.5. The van der Waals surface area contributed by atoms with Gasteiger partial charge in [-0.05, 0) is 37.5 Å². The van der Waals surface area contributed by atoms with Gasteiger partial charge in [-0.15, -0.1) is 0 Å². The van der Waals surface area contributed by atoms with Crippen molar-refractivity contribution in [3.05, 3.63) is 18.2 Å². The predicted octanol–water partition coefficient (Wildman–Crippen LogP) is 3.19. The van der Waals surface area contributed by atoms with Crippen molar-refractivity contribution < 1.29 is 24.2 Å². The topological polar surface area (TPSA) is 95.9 Å². The second-order valence-corrected chi connectivity index (χ2v) is 7.41. The lowest BCUT2D eigenvalue weighted by Gasteiger charge is -2.32. The Balaban J connectivity index is 1.75. The molecule has 1 aromatic rings. The molecule has 1 heterocycles. The van der Waals surface area contributed by atoms with Crippen molar-refractivity contribution in [2.45, 2.75) is 51.4 Å². The number of rotatable bonds is 6. The van der Waals surface area contributed by atoms with Crippen LogP contribution in [-0.4, -0.2) is 36.5 Å². The van der Waals surface area contributed by atoms with E-state index in [4.69, 9.17) is 4.74 Å². The third kappa shape index (κ3) is 4.07. The number of carboxylic acids is 1. The second kappa shape index (κ2) is 7.98. The standard InChI is InChI=1S/C20H26N2O5/c1-27-16-8-7-14(12-15(16)22-11-5-6-18(22)24)21-17(23)13-20(19(25)26)9-3-2-4-10-20/h7-8,12H,2-6,9-11,13H2,1H3,(H,21,23)(H,25,26). The summed E-state index contributed by atoms with van der Waals surface area (Å²) in [6.45, 7) is 0.620. The Morgan fingerprint density at radius 1 is 1.22 bits per heavy atom. The molecular formula is C20H26N2O5. The Kier molecular flexibility index (Phi) is 5.68. The van der Waals surface area contributed by atoms with E-state index in [9.17, 15) is 19.5 Å². The monoisotopic (exact) mass is 374 g/mol. The molecule has 0 spiro atoms. The Morgan fingerprint density at radius 3 is 2.56 bits per heavy atom. The number of ether oxygens (including phenoxy) is 1. The molecular weight excluding hydrogens is 348 g/mol. The van der Waals surface area contributed by atoms with Crippen LogP contribution >= 0.6 is 0 Å². The summed E-state index contributed by atoms with van der Waals surface area (Å²) >= 11 is 0. The third-order valence-corrected chi connectivity index (χ3v) is 5.59. The molecule has 1 aromatic carbocycles. The Hall–Kier alpha value is -2.57. The average Bonchev–Trinajstić information content (AvgIpc) is 3.08. The molecule has 2 aliphatic rings. The number of carbonyl (C=O) groups excluding carboxylic acids is 2. The lowest BCUT2D eigenvalue weighted by atomic mass is 9.71. The number of methoxy groups -OCH3 is 1. The van der Waals surface area contributed by atoms with Crippen LogP contribution in [0.15, 0.2) is 18.2 Å². The van der Waals surface area contributed by atoms with Crippen LogP contribution in [0.5, 0.6) is 5.75 Å². The molecule has 146 valence electrons. The lowest BCUT2D eigenvalue weighted by molar-refractivity contribution is -0.153. The number of nitrogens with zero attached hydrogens (tertiary/aromatic N) is 1. The zero-order chi connectivity index (χ0) is 19.4. The normalized spacial score (nSPS) is 19.0. The molecule has 2 amide bonds. The van der Waals surface area contributed by atoms with Gasteiger partial charge in [-0.3, -0.25) is 14.4 Å². The summed E-state index contributed by atoms with van der Waals surface area (Å²) < 4.78 is 5.35. The van der Waals surface area contributed by atoms with E-state index in [1.54, 1.807) is 23.1 Å². The first-order valence-electron chi connectivity index (χ1n) is 9.47. The van der Waals surface area contributed by atoms with E-state index in [1.165, 1.54) is 7.11 Å². The molecule has 0 unspecified atom stereocenters. The minimum Gasteiger partial charge on any atom is -0.495 e. The number of amides is 2. The van der Waals surface area contributed by atoms with Crippen molar-refractivity contribution in [2.24, 2.45) is 5.41 Å². The Morgan fingerprint density at radius 2 is 1.96 bits per heavy atom. The molecule has 0 bridgehead atoms. The van der Waals surface area contributed by atoms with E-state index < -0.39 is 11.4 Å². The van der Waals surface area contributed by atoms with E-state index in [1.807, 2.05) is 0 Å². The lowest BCUT2D eigenvalue weighted by Crippen LogP contribution is -2.37. The number of aliphatic carboxylic acids is 1. The maximum atomic E-state index is 12.6. The summed E-state index contributed by atoms with van der Waals surface area (Å²) in [4.78, 5) is 38.1. The van der Waals surface area contributed by atoms with Gasteiger partial charge in [0, 0.05) is 25.1 Å². The quantitative estimate of drug-likeness (QED) is 0.797. The highest BCUT2D eigenvalue weighted by Crippen LogP contribution is 2.40. The molecule has 27 heavy (non-hydrogen) atoms. The van der Waals surface area contributed by atoms with Gasteiger partial charge in [-0.25, -0.2) is 0 Å². The van der Waals surface area contributed by atoms with Gasteiger partial charge in [-0.2, -0.15) is 0 Å². The number of anilines is 2.